The fourth-order valence-corrected chi connectivity index (χ4v) is 2.61. The molecule has 0 aliphatic carbocycles. The highest BCUT2D eigenvalue weighted by molar-refractivity contribution is 5.98. The van der Waals surface area contributed by atoms with Gasteiger partial charge in [0.15, 0.2) is 11.6 Å². The van der Waals surface area contributed by atoms with Gasteiger partial charge < -0.3 is 15.0 Å². The molecule has 0 unspecified atom stereocenters. The van der Waals surface area contributed by atoms with Gasteiger partial charge in [-0.2, -0.15) is 0 Å². The third-order valence-electron chi connectivity index (χ3n) is 4.06. The van der Waals surface area contributed by atoms with Crippen molar-refractivity contribution in [3.63, 3.8) is 0 Å². The maximum absolute atomic E-state index is 13.2. The van der Waals surface area contributed by atoms with Crippen LogP contribution in [0.4, 0.5) is 27.6 Å². The number of anilines is 1. The molecule has 1 saturated heterocycles. The molecule has 10 heteroatoms. The van der Waals surface area contributed by atoms with Gasteiger partial charge in [-0.1, -0.05) is 0 Å². The normalized spacial score (nSPS) is 14.4. The fourth-order valence-electron chi connectivity index (χ4n) is 2.61. The van der Waals surface area contributed by atoms with E-state index in [1.54, 1.807) is 0 Å². The first-order valence-electron chi connectivity index (χ1n) is 8.03. The van der Waals surface area contributed by atoms with Crippen LogP contribution in [0.1, 0.15) is 10.4 Å². The summed E-state index contributed by atoms with van der Waals surface area (Å²) < 4.78 is 66.2. The number of carbonyl (C=O) groups is 2. The van der Waals surface area contributed by atoms with Crippen molar-refractivity contribution in [1.29, 1.82) is 0 Å². The molecule has 0 aromatic heterocycles. The van der Waals surface area contributed by atoms with Crippen LogP contribution in [0.15, 0.2) is 42.5 Å². The summed E-state index contributed by atoms with van der Waals surface area (Å²) in [4.78, 5) is 25.6. The van der Waals surface area contributed by atoms with E-state index in [2.05, 4.69) is 10.1 Å². The quantitative estimate of drug-likeness (QED) is 0.799. The van der Waals surface area contributed by atoms with Gasteiger partial charge >= 0.3 is 6.36 Å². The van der Waals surface area contributed by atoms with Crippen LogP contribution in [-0.2, 0) is 4.79 Å². The lowest BCUT2D eigenvalue weighted by Gasteiger charge is -2.38. The van der Waals surface area contributed by atoms with Gasteiger partial charge in [0.25, 0.3) is 5.91 Å². The Bertz CT molecular complexity index is 893. The predicted molar refractivity (Wildman–Crippen MR) is 87.5 cm³/mol. The molecular formula is C18H13F5N2O3. The van der Waals surface area contributed by atoms with Gasteiger partial charge in [0.1, 0.15) is 5.75 Å². The van der Waals surface area contributed by atoms with E-state index in [9.17, 15) is 31.5 Å². The summed E-state index contributed by atoms with van der Waals surface area (Å²) in [5.41, 5.74) is 0.239. The van der Waals surface area contributed by atoms with Crippen molar-refractivity contribution in [2.24, 2.45) is 5.92 Å². The lowest BCUT2D eigenvalue weighted by Crippen LogP contribution is -2.54. The molecule has 3 rings (SSSR count). The highest BCUT2D eigenvalue weighted by Crippen LogP contribution is 2.25. The van der Waals surface area contributed by atoms with Crippen molar-refractivity contribution in [1.82, 2.24) is 4.90 Å². The molecule has 2 aromatic carbocycles. The number of alkyl halides is 3. The molecular weight excluding hydrogens is 387 g/mol. The molecule has 0 atom stereocenters. The number of carbonyl (C=O) groups excluding carboxylic acids is 2. The molecule has 1 aliphatic rings. The zero-order valence-electron chi connectivity index (χ0n) is 14.1. The number of likely N-dealkylation sites (tertiary alicyclic amines) is 1. The zero-order valence-corrected chi connectivity index (χ0v) is 14.1. The van der Waals surface area contributed by atoms with E-state index in [0.29, 0.717) is 0 Å². The standard InChI is InChI=1S/C18H13F5N2O3/c19-14-6-1-10(7-15(14)20)17(27)25-8-11(9-25)16(26)24-12-2-4-13(5-3-12)28-18(21,22)23/h1-7,11H,8-9H2,(H,24,26). The maximum Gasteiger partial charge on any atom is 0.573 e. The van der Waals surface area contributed by atoms with Crippen LogP contribution in [0.2, 0.25) is 0 Å². The van der Waals surface area contributed by atoms with Gasteiger partial charge in [0.2, 0.25) is 5.91 Å². The molecule has 1 fully saturated rings. The zero-order chi connectivity index (χ0) is 20.5. The van der Waals surface area contributed by atoms with Crippen LogP contribution in [-0.4, -0.2) is 36.2 Å². The number of nitrogens with one attached hydrogen (secondary N) is 1. The lowest BCUT2D eigenvalue weighted by molar-refractivity contribution is -0.274. The van der Waals surface area contributed by atoms with Crippen LogP contribution < -0.4 is 10.1 Å². The summed E-state index contributed by atoms with van der Waals surface area (Å²) in [6.07, 6.45) is -4.81. The van der Waals surface area contributed by atoms with E-state index in [4.69, 9.17) is 0 Å². The van der Waals surface area contributed by atoms with E-state index in [0.717, 1.165) is 30.3 Å². The Balaban J connectivity index is 1.52. The van der Waals surface area contributed by atoms with Crippen molar-refractivity contribution in [2.75, 3.05) is 18.4 Å². The Morgan fingerprint density at radius 1 is 1.00 bits per heavy atom. The van der Waals surface area contributed by atoms with E-state index >= 15 is 0 Å². The van der Waals surface area contributed by atoms with Gasteiger partial charge in [0, 0.05) is 24.3 Å². The van der Waals surface area contributed by atoms with Gasteiger partial charge in [-0.15, -0.1) is 13.2 Å². The van der Waals surface area contributed by atoms with Crippen LogP contribution in [0.25, 0.3) is 0 Å². The van der Waals surface area contributed by atoms with Crippen molar-refractivity contribution >= 4 is 17.5 Å². The molecule has 2 amide bonds. The number of rotatable bonds is 4. The molecule has 0 spiro atoms. The molecule has 28 heavy (non-hydrogen) atoms. The van der Waals surface area contributed by atoms with Crippen molar-refractivity contribution in [3.8, 4) is 5.75 Å². The first-order valence-corrected chi connectivity index (χ1v) is 8.03. The van der Waals surface area contributed by atoms with Crippen LogP contribution in [0.3, 0.4) is 0 Å². The largest absolute Gasteiger partial charge is 0.573 e. The highest BCUT2D eigenvalue weighted by atomic mass is 19.4. The Morgan fingerprint density at radius 3 is 2.21 bits per heavy atom. The molecule has 1 heterocycles. The minimum absolute atomic E-state index is 0.0296. The average molecular weight is 400 g/mol. The molecule has 2 aromatic rings. The summed E-state index contributed by atoms with van der Waals surface area (Å²) in [6, 6.07) is 7.41. The third-order valence-corrected chi connectivity index (χ3v) is 4.06. The minimum atomic E-state index is -4.81. The maximum atomic E-state index is 13.2. The first-order chi connectivity index (χ1) is 13.1. The average Bonchev–Trinajstić information content (AvgIpc) is 2.56. The van der Waals surface area contributed by atoms with Gasteiger partial charge in [-0.25, -0.2) is 8.78 Å². The highest BCUT2D eigenvalue weighted by Gasteiger charge is 2.36. The van der Waals surface area contributed by atoms with Crippen LogP contribution in [0.5, 0.6) is 5.75 Å². The topological polar surface area (TPSA) is 58.6 Å². The van der Waals surface area contributed by atoms with E-state index in [1.165, 1.54) is 17.0 Å². The first kappa shape index (κ1) is 19.6. The Kier molecular flexibility index (Phi) is 5.21. The monoisotopic (exact) mass is 400 g/mol. The van der Waals surface area contributed by atoms with Crippen LogP contribution in [0, 0.1) is 17.6 Å². The van der Waals surface area contributed by atoms with E-state index < -0.39 is 41.5 Å². The number of hydrogen-bond acceptors (Lipinski definition) is 3. The van der Waals surface area contributed by atoms with Gasteiger partial charge in [0.05, 0.1) is 5.92 Å². The Labute approximate surface area is 155 Å². The minimum Gasteiger partial charge on any atom is -0.406 e. The molecule has 148 valence electrons. The Morgan fingerprint density at radius 2 is 1.64 bits per heavy atom. The SMILES string of the molecule is O=C(Nc1ccc(OC(F)(F)F)cc1)C1CN(C(=O)c2ccc(F)c(F)c2)C1. The van der Waals surface area contributed by atoms with E-state index in [1.807, 2.05) is 0 Å². The van der Waals surface area contributed by atoms with Gasteiger partial charge in [-0.05, 0) is 42.5 Å². The summed E-state index contributed by atoms with van der Waals surface area (Å²) >= 11 is 0. The third kappa shape index (κ3) is 4.56. The molecule has 0 bridgehead atoms. The summed E-state index contributed by atoms with van der Waals surface area (Å²) in [7, 11) is 0. The second kappa shape index (κ2) is 7.45. The number of ether oxygens (including phenoxy) is 1. The summed E-state index contributed by atoms with van der Waals surface area (Å²) in [5.74, 6) is -4.10. The van der Waals surface area contributed by atoms with Crippen molar-refractivity contribution < 1.29 is 36.3 Å². The number of nitrogens with zero attached hydrogens (tertiary/aromatic N) is 1. The number of benzene rings is 2. The number of halogens is 5. The Hall–Kier alpha value is -3.17. The summed E-state index contributed by atoms with van der Waals surface area (Å²) in [6.45, 7) is 0.165. The van der Waals surface area contributed by atoms with E-state index in [-0.39, 0.29) is 24.3 Å². The summed E-state index contributed by atoms with van der Waals surface area (Å²) in [5, 5.41) is 2.53. The fraction of sp³-hybridized carbons (Fsp3) is 0.222. The van der Waals surface area contributed by atoms with Gasteiger partial charge in [-0.3, -0.25) is 9.59 Å². The molecule has 0 radical (unpaired) electrons. The molecule has 0 saturated carbocycles. The smallest absolute Gasteiger partial charge is 0.406 e. The number of hydrogen-bond donors (Lipinski definition) is 1. The second-order valence-electron chi connectivity index (χ2n) is 6.10. The number of amides is 2. The second-order valence-corrected chi connectivity index (χ2v) is 6.10. The molecule has 1 N–H and O–H groups in total. The van der Waals surface area contributed by atoms with Crippen molar-refractivity contribution in [3.05, 3.63) is 59.7 Å². The van der Waals surface area contributed by atoms with Crippen LogP contribution >= 0.6 is 0 Å². The molecule has 5 nitrogen and oxygen atoms in total. The lowest BCUT2D eigenvalue weighted by atomic mass is 9.97. The van der Waals surface area contributed by atoms with Crippen molar-refractivity contribution in [2.45, 2.75) is 6.36 Å². The predicted octanol–water partition coefficient (Wildman–Crippen LogP) is 3.57. The molecule has 1 aliphatic heterocycles.